The number of amides is 1. The molecule has 1 aromatic carbocycles. The zero-order chi connectivity index (χ0) is 12.9. The number of rotatable bonds is 2. The summed E-state index contributed by atoms with van der Waals surface area (Å²) in [6, 6.07) is 8.88. The van der Waals surface area contributed by atoms with Crippen LogP contribution in [-0.2, 0) is 10.2 Å². The van der Waals surface area contributed by atoms with Crippen LogP contribution in [0.15, 0.2) is 24.3 Å². The molecule has 1 aliphatic carbocycles. The summed E-state index contributed by atoms with van der Waals surface area (Å²) in [5, 5.41) is 3.42. The third-order valence-corrected chi connectivity index (χ3v) is 4.96. The monoisotopic (exact) mass is 292 g/mol. The number of carbonyl (C=O) groups excluding carboxylic acids is 1. The van der Waals surface area contributed by atoms with Gasteiger partial charge >= 0.3 is 0 Å². The highest BCUT2D eigenvalue weighted by atomic mass is 35.5. The molecular weight excluding hydrogens is 272 g/mol. The number of hydrogen-bond acceptors (Lipinski definition) is 2. The van der Waals surface area contributed by atoms with E-state index in [0.29, 0.717) is 23.8 Å². The van der Waals surface area contributed by atoms with E-state index in [4.69, 9.17) is 0 Å². The predicted molar refractivity (Wildman–Crippen MR) is 82.6 cm³/mol. The molecule has 1 amide bonds. The second-order valence-electron chi connectivity index (χ2n) is 6.27. The first kappa shape index (κ1) is 13.9. The first-order chi connectivity index (χ1) is 9.28. The Labute approximate surface area is 126 Å². The summed E-state index contributed by atoms with van der Waals surface area (Å²) >= 11 is 0. The Morgan fingerprint density at radius 2 is 2.15 bits per heavy atom. The summed E-state index contributed by atoms with van der Waals surface area (Å²) in [4.78, 5) is 14.6. The molecule has 1 unspecified atom stereocenters. The second-order valence-corrected chi connectivity index (χ2v) is 6.27. The normalized spacial score (nSPS) is 25.4. The van der Waals surface area contributed by atoms with Crippen molar-refractivity contribution >= 4 is 24.0 Å². The van der Waals surface area contributed by atoms with Gasteiger partial charge in [-0.15, -0.1) is 12.4 Å². The molecule has 1 saturated heterocycles. The molecule has 1 aromatic rings. The number of carbonyl (C=O) groups is 1. The van der Waals surface area contributed by atoms with Crippen LogP contribution in [0, 0.1) is 0 Å². The number of nitrogens with zero attached hydrogens (tertiary/aromatic N) is 1. The first-order valence-corrected chi connectivity index (χ1v) is 7.42. The lowest BCUT2D eigenvalue weighted by Crippen LogP contribution is -2.36. The van der Waals surface area contributed by atoms with Crippen molar-refractivity contribution in [1.29, 1.82) is 0 Å². The largest absolute Gasteiger partial charge is 0.313 e. The summed E-state index contributed by atoms with van der Waals surface area (Å²) in [6.45, 7) is 1.98. The van der Waals surface area contributed by atoms with Crippen LogP contribution in [0.2, 0.25) is 0 Å². The van der Waals surface area contributed by atoms with Gasteiger partial charge in [-0.3, -0.25) is 4.79 Å². The van der Waals surface area contributed by atoms with Crippen LogP contribution in [0.4, 0.5) is 5.69 Å². The third-order valence-electron chi connectivity index (χ3n) is 4.96. The lowest BCUT2D eigenvalue weighted by Gasteiger charge is -2.20. The van der Waals surface area contributed by atoms with E-state index in [1.54, 1.807) is 0 Å². The van der Waals surface area contributed by atoms with E-state index >= 15 is 0 Å². The van der Waals surface area contributed by atoms with E-state index in [9.17, 15) is 4.79 Å². The number of hydrogen-bond donors (Lipinski definition) is 1. The number of nitrogens with one attached hydrogen (secondary N) is 1. The molecule has 0 aromatic heterocycles. The Morgan fingerprint density at radius 3 is 2.85 bits per heavy atom. The molecule has 3 nitrogen and oxygen atoms in total. The average Bonchev–Trinajstić information content (AvgIpc) is 2.88. The first-order valence-electron chi connectivity index (χ1n) is 7.42. The van der Waals surface area contributed by atoms with Crippen LogP contribution >= 0.6 is 12.4 Å². The number of anilines is 1. The molecule has 4 heteroatoms. The standard InChI is InChI=1S/C16H20N2O.ClH/c19-15(10-12-4-3-9-17-12)18-11-16(7-8-16)13-5-1-2-6-14(13)18;/h1-2,5-6,12,17H,3-4,7-11H2;1H. The van der Waals surface area contributed by atoms with Gasteiger partial charge in [0.25, 0.3) is 0 Å². The van der Waals surface area contributed by atoms with E-state index in [-0.39, 0.29) is 12.4 Å². The lowest BCUT2D eigenvalue weighted by molar-refractivity contribution is -0.119. The van der Waals surface area contributed by atoms with Crippen molar-refractivity contribution in [3.05, 3.63) is 29.8 Å². The van der Waals surface area contributed by atoms with Gasteiger partial charge in [-0.2, -0.15) is 0 Å². The van der Waals surface area contributed by atoms with Crippen molar-refractivity contribution in [3.63, 3.8) is 0 Å². The Bertz CT molecular complexity index is 521. The summed E-state index contributed by atoms with van der Waals surface area (Å²) < 4.78 is 0. The Kier molecular flexibility index (Phi) is 3.51. The van der Waals surface area contributed by atoms with E-state index in [0.717, 1.165) is 19.5 Å². The molecule has 1 N–H and O–H groups in total. The molecule has 1 saturated carbocycles. The number of fused-ring (bicyclic) bond motifs is 2. The SMILES string of the molecule is Cl.O=C(CC1CCCN1)N1CC2(CC2)c2ccccc21. The minimum Gasteiger partial charge on any atom is -0.313 e. The summed E-state index contributed by atoms with van der Waals surface area (Å²) in [7, 11) is 0. The number of halogens is 1. The smallest absolute Gasteiger partial charge is 0.228 e. The molecule has 0 bridgehead atoms. The highest BCUT2D eigenvalue weighted by molar-refractivity contribution is 5.97. The molecule has 2 heterocycles. The Balaban J connectivity index is 0.00000121. The van der Waals surface area contributed by atoms with Gasteiger partial charge in [-0.25, -0.2) is 0 Å². The zero-order valence-corrected chi connectivity index (χ0v) is 12.4. The van der Waals surface area contributed by atoms with Gasteiger partial charge < -0.3 is 10.2 Å². The average molecular weight is 293 g/mol. The van der Waals surface area contributed by atoms with Crippen molar-refractivity contribution < 1.29 is 4.79 Å². The van der Waals surface area contributed by atoms with Gasteiger partial charge in [0.05, 0.1) is 0 Å². The van der Waals surface area contributed by atoms with E-state index in [2.05, 4.69) is 23.5 Å². The fraction of sp³-hybridized carbons (Fsp3) is 0.562. The molecule has 1 atom stereocenters. The van der Waals surface area contributed by atoms with Crippen LogP contribution in [0.1, 0.15) is 37.7 Å². The molecule has 108 valence electrons. The van der Waals surface area contributed by atoms with Crippen LogP contribution in [0.25, 0.3) is 0 Å². The summed E-state index contributed by atoms with van der Waals surface area (Å²) in [5.41, 5.74) is 2.89. The lowest BCUT2D eigenvalue weighted by atomic mass is 9.99. The van der Waals surface area contributed by atoms with Crippen LogP contribution < -0.4 is 10.2 Å². The topological polar surface area (TPSA) is 32.3 Å². The number of benzene rings is 1. The highest BCUT2D eigenvalue weighted by Gasteiger charge is 2.52. The Hall–Kier alpha value is -1.06. The quantitative estimate of drug-likeness (QED) is 0.909. The molecule has 20 heavy (non-hydrogen) atoms. The molecule has 2 aliphatic heterocycles. The third kappa shape index (κ3) is 2.13. The van der Waals surface area contributed by atoms with Gasteiger partial charge in [0, 0.05) is 30.1 Å². The van der Waals surface area contributed by atoms with E-state index in [1.807, 2.05) is 11.0 Å². The second kappa shape index (κ2) is 5.05. The van der Waals surface area contributed by atoms with Crippen molar-refractivity contribution in [2.24, 2.45) is 0 Å². The summed E-state index contributed by atoms with van der Waals surface area (Å²) in [6.07, 6.45) is 5.50. The minimum atomic E-state index is 0. The van der Waals surface area contributed by atoms with Gasteiger partial charge in [0.15, 0.2) is 0 Å². The van der Waals surface area contributed by atoms with Crippen molar-refractivity contribution in [2.75, 3.05) is 18.0 Å². The minimum absolute atomic E-state index is 0. The maximum atomic E-state index is 12.6. The van der Waals surface area contributed by atoms with Gasteiger partial charge in [-0.1, -0.05) is 18.2 Å². The van der Waals surface area contributed by atoms with Crippen molar-refractivity contribution in [2.45, 2.75) is 43.6 Å². The van der Waals surface area contributed by atoms with Gasteiger partial charge in [0.1, 0.15) is 0 Å². The van der Waals surface area contributed by atoms with Gasteiger partial charge in [0.2, 0.25) is 5.91 Å². The number of para-hydroxylation sites is 1. The zero-order valence-electron chi connectivity index (χ0n) is 11.6. The maximum Gasteiger partial charge on any atom is 0.228 e. The molecule has 0 radical (unpaired) electrons. The summed E-state index contributed by atoms with van der Waals surface area (Å²) in [5.74, 6) is 0.302. The van der Waals surface area contributed by atoms with Crippen molar-refractivity contribution in [3.8, 4) is 0 Å². The fourth-order valence-electron chi connectivity index (χ4n) is 3.68. The molecule has 1 spiro atoms. The van der Waals surface area contributed by atoms with Crippen LogP contribution in [-0.4, -0.2) is 25.0 Å². The van der Waals surface area contributed by atoms with Crippen LogP contribution in [0.5, 0.6) is 0 Å². The molecule has 3 aliphatic rings. The maximum absolute atomic E-state index is 12.6. The Morgan fingerprint density at radius 1 is 1.35 bits per heavy atom. The fourth-order valence-corrected chi connectivity index (χ4v) is 3.68. The molecular formula is C16H21ClN2O. The highest BCUT2D eigenvalue weighted by Crippen LogP contribution is 2.56. The van der Waals surface area contributed by atoms with E-state index < -0.39 is 0 Å². The molecule has 4 rings (SSSR count). The van der Waals surface area contributed by atoms with E-state index in [1.165, 1.54) is 30.5 Å². The van der Waals surface area contributed by atoms with Crippen molar-refractivity contribution in [1.82, 2.24) is 5.32 Å². The predicted octanol–water partition coefficient (Wildman–Crippen LogP) is 2.63. The van der Waals surface area contributed by atoms with Crippen LogP contribution in [0.3, 0.4) is 0 Å². The van der Waals surface area contributed by atoms with Gasteiger partial charge in [-0.05, 0) is 43.9 Å². The molecule has 2 fully saturated rings.